The van der Waals surface area contributed by atoms with Crippen LogP contribution in [0.1, 0.15) is 18.4 Å². The molecule has 1 spiro atoms. The highest BCUT2D eigenvalue weighted by molar-refractivity contribution is 6.47. The summed E-state index contributed by atoms with van der Waals surface area (Å²) in [4.78, 5) is 16.7. The lowest BCUT2D eigenvalue weighted by atomic mass is 10.00. The predicted molar refractivity (Wildman–Crippen MR) is 69.8 cm³/mol. The van der Waals surface area contributed by atoms with Crippen LogP contribution >= 0.6 is 11.6 Å². The molecule has 0 radical (unpaired) electrons. The van der Waals surface area contributed by atoms with Gasteiger partial charge in [-0.25, -0.2) is 0 Å². The van der Waals surface area contributed by atoms with Crippen LogP contribution in [-0.2, 0) is 4.79 Å². The van der Waals surface area contributed by atoms with Crippen molar-refractivity contribution in [1.82, 2.24) is 5.32 Å². The van der Waals surface area contributed by atoms with Crippen LogP contribution in [0.15, 0.2) is 29.3 Å². The number of carbonyl (C=O) groups excluding carboxylic acids is 1. The average molecular weight is 265 g/mol. The quantitative estimate of drug-likeness (QED) is 0.754. The van der Waals surface area contributed by atoms with Crippen molar-refractivity contribution in [3.05, 3.63) is 34.9 Å². The van der Waals surface area contributed by atoms with Crippen LogP contribution < -0.4 is 10.6 Å². The van der Waals surface area contributed by atoms with E-state index in [1.54, 1.807) is 12.1 Å². The standard InChI is InChI=1S/C13H14ClN3O/c14-10-3-1-9(2-4-10)11-12(18)17-13(16-11)5-7-15-8-6-13/h1-4,15H,5-8H2,(H,17,18)/p+1. The third kappa shape index (κ3) is 2.02. The fraction of sp³-hybridized carbons (Fsp3) is 0.385. The molecule has 0 atom stereocenters. The molecule has 1 amide bonds. The first-order chi connectivity index (χ1) is 8.69. The summed E-state index contributed by atoms with van der Waals surface area (Å²) in [5.74, 6) is -0.0702. The molecule has 1 fully saturated rings. The molecule has 0 unspecified atom stereocenters. The van der Waals surface area contributed by atoms with Gasteiger partial charge in [-0.2, -0.15) is 0 Å². The van der Waals surface area contributed by atoms with E-state index in [1.807, 2.05) is 12.1 Å². The minimum atomic E-state index is -0.360. The number of piperidine rings is 1. The lowest BCUT2D eigenvalue weighted by Crippen LogP contribution is -2.88. The Hall–Kier alpha value is -1.39. The molecule has 0 saturated carbocycles. The monoisotopic (exact) mass is 264 g/mol. The van der Waals surface area contributed by atoms with Crippen molar-refractivity contribution in [2.75, 3.05) is 13.1 Å². The number of hydrogen-bond donors (Lipinski definition) is 2. The average Bonchev–Trinajstić information content (AvgIpc) is 2.68. The van der Waals surface area contributed by atoms with Gasteiger partial charge < -0.3 is 10.6 Å². The van der Waals surface area contributed by atoms with Gasteiger partial charge in [-0.1, -0.05) is 23.7 Å². The van der Waals surface area contributed by atoms with Gasteiger partial charge in [0.2, 0.25) is 0 Å². The Morgan fingerprint density at radius 2 is 1.89 bits per heavy atom. The van der Waals surface area contributed by atoms with Crippen molar-refractivity contribution in [1.29, 1.82) is 0 Å². The first kappa shape index (κ1) is 11.7. The molecule has 3 N–H and O–H groups in total. The van der Waals surface area contributed by atoms with Crippen LogP contribution in [0.3, 0.4) is 0 Å². The van der Waals surface area contributed by atoms with Crippen LogP contribution in [0.4, 0.5) is 0 Å². The van der Waals surface area contributed by atoms with E-state index in [9.17, 15) is 4.79 Å². The Morgan fingerprint density at radius 1 is 1.22 bits per heavy atom. The third-order valence-electron chi connectivity index (χ3n) is 3.53. The summed E-state index contributed by atoms with van der Waals surface area (Å²) in [7, 11) is 0. The fourth-order valence-corrected chi connectivity index (χ4v) is 2.68. The number of hydrogen-bond acceptors (Lipinski definition) is 2. The number of nitrogens with zero attached hydrogens (tertiary/aromatic N) is 1. The van der Waals surface area contributed by atoms with Crippen molar-refractivity contribution in [2.24, 2.45) is 4.99 Å². The van der Waals surface area contributed by atoms with Crippen LogP contribution in [0.25, 0.3) is 0 Å². The highest BCUT2D eigenvalue weighted by Gasteiger charge is 2.41. The predicted octanol–water partition coefficient (Wildman–Crippen LogP) is 0.312. The van der Waals surface area contributed by atoms with Crippen molar-refractivity contribution in [3.63, 3.8) is 0 Å². The first-order valence-corrected chi connectivity index (χ1v) is 6.56. The van der Waals surface area contributed by atoms with E-state index >= 15 is 0 Å². The summed E-state index contributed by atoms with van der Waals surface area (Å²) in [6.07, 6.45) is 1.80. The zero-order chi connectivity index (χ0) is 12.6. The summed E-state index contributed by atoms with van der Waals surface area (Å²) >= 11 is 5.85. The molecule has 3 rings (SSSR count). The zero-order valence-corrected chi connectivity index (χ0v) is 10.7. The van der Waals surface area contributed by atoms with E-state index in [1.165, 1.54) is 0 Å². The number of aliphatic imine (C=N–C) groups is 1. The van der Waals surface area contributed by atoms with Gasteiger partial charge in [0.1, 0.15) is 11.4 Å². The topological polar surface area (TPSA) is 58.1 Å². The number of quaternary nitrogens is 1. The lowest BCUT2D eigenvalue weighted by molar-refractivity contribution is -0.665. The molecule has 18 heavy (non-hydrogen) atoms. The van der Waals surface area contributed by atoms with Gasteiger partial charge in [-0.15, -0.1) is 0 Å². The van der Waals surface area contributed by atoms with Crippen LogP contribution in [0.2, 0.25) is 5.02 Å². The van der Waals surface area contributed by atoms with Gasteiger partial charge in [0.05, 0.1) is 13.1 Å². The number of amides is 1. The second kappa shape index (κ2) is 4.37. The van der Waals surface area contributed by atoms with Gasteiger partial charge in [0.25, 0.3) is 5.91 Å². The Labute approximate surface area is 110 Å². The van der Waals surface area contributed by atoms with E-state index in [0.717, 1.165) is 31.5 Å². The molecule has 5 heteroatoms. The van der Waals surface area contributed by atoms with Gasteiger partial charge >= 0.3 is 0 Å². The third-order valence-corrected chi connectivity index (χ3v) is 3.78. The number of benzene rings is 1. The number of halogens is 1. The van der Waals surface area contributed by atoms with Crippen molar-refractivity contribution in [3.8, 4) is 0 Å². The van der Waals surface area contributed by atoms with Crippen molar-refractivity contribution in [2.45, 2.75) is 18.5 Å². The molecule has 94 valence electrons. The Morgan fingerprint density at radius 3 is 2.56 bits per heavy atom. The highest BCUT2D eigenvalue weighted by atomic mass is 35.5. The van der Waals surface area contributed by atoms with Crippen LogP contribution in [0, 0.1) is 0 Å². The summed E-state index contributed by atoms with van der Waals surface area (Å²) in [6, 6.07) is 7.25. The van der Waals surface area contributed by atoms with Crippen LogP contribution in [0.5, 0.6) is 0 Å². The van der Waals surface area contributed by atoms with E-state index in [4.69, 9.17) is 11.6 Å². The van der Waals surface area contributed by atoms with Gasteiger partial charge in [0.15, 0.2) is 0 Å². The number of rotatable bonds is 1. The van der Waals surface area contributed by atoms with Gasteiger partial charge in [0, 0.05) is 23.4 Å². The van der Waals surface area contributed by atoms with E-state index in [2.05, 4.69) is 15.6 Å². The zero-order valence-electron chi connectivity index (χ0n) is 9.95. The molecule has 1 saturated heterocycles. The Bertz CT molecular complexity index is 503. The van der Waals surface area contributed by atoms with Crippen molar-refractivity contribution < 1.29 is 10.1 Å². The molecule has 2 aliphatic heterocycles. The summed E-state index contributed by atoms with van der Waals surface area (Å²) in [6.45, 7) is 2.02. The summed E-state index contributed by atoms with van der Waals surface area (Å²) in [5, 5.41) is 5.96. The molecule has 0 bridgehead atoms. The Balaban J connectivity index is 1.93. The molecule has 1 aromatic rings. The maximum atomic E-state index is 12.0. The molecule has 0 aromatic heterocycles. The number of nitrogens with one attached hydrogen (secondary N) is 1. The molecule has 4 nitrogen and oxygen atoms in total. The second-order valence-electron chi connectivity index (χ2n) is 4.82. The molecular weight excluding hydrogens is 250 g/mol. The number of nitrogens with two attached hydrogens (primary N) is 1. The molecule has 0 aliphatic carbocycles. The van der Waals surface area contributed by atoms with Gasteiger partial charge in [-0.05, 0) is 12.1 Å². The number of carbonyl (C=O) groups is 1. The van der Waals surface area contributed by atoms with E-state index in [-0.39, 0.29) is 11.6 Å². The normalized spacial score (nSPS) is 21.8. The maximum absolute atomic E-state index is 12.0. The second-order valence-corrected chi connectivity index (χ2v) is 5.26. The smallest absolute Gasteiger partial charge is 0.272 e. The largest absolute Gasteiger partial charge is 0.346 e. The van der Waals surface area contributed by atoms with Crippen LogP contribution in [-0.4, -0.2) is 30.4 Å². The molecule has 2 aliphatic rings. The van der Waals surface area contributed by atoms with E-state index in [0.29, 0.717) is 10.7 Å². The van der Waals surface area contributed by atoms with Gasteiger partial charge in [-0.3, -0.25) is 9.79 Å². The first-order valence-electron chi connectivity index (χ1n) is 6.19. The van der Waals surface area contributed by atoms with E-state index < -0.39 is 0 Å². The molecular formula is C13H15ClN3O+. The lowest BCUT2D eigenvalue weighted by Gasteiger charge is -2.28. The molecule has 1 aromatic carbocycles. The SMILES string of the molecule is O=C1NC2(CC[NH2+]CC2)N=C1c1ccc(Cl)cc1. The fourth-order valence-electron chi connectivity index (χ4n) is 2.55. The summed E-state index contributed by atoms with van der Waals surface area (Å²) in [5.41, 5.74) is 1.01. The highest BCUT2D eigenvalue weighted by Crippen LogP contribution is 2.25. The molecule has 2 heterocycles. The minimum absolute atomic E-state index is 0.0702. The minimum Gasteiger partial charge on any atom is -0.346 e. The summed E-state index contributed by atoms with van der Waals surface area (Å²) < 4.78 is 0. The van der Waals surface area contributed by atoms with Crippen molar-refractivity contribution >= 4 is 23.2 Å². The Kier molecular flexibility index (Phi) is 2.84. The maximum Gasteiger partial charge on any atom is 0.272 e.